The maximum Gasteiger partial charge on any atom is 0.246 e. The second-order valence-corrected chi connectivity index (χ2v) is 19.1. The molecule has 74 heavy (non-hydrogen) atoms. The van der Waals surface area contributed by atoms with Crippen molar-refractivity contribution in [2.24, 2.45) is 5.73 Å². The van der Waals surface area contributed by atoms with E-state index in [0.29, 0.717) is 48.9 Å². The van der Waals surface area contributed by atoms with Crippen LogP contribution in [0.5, 0.6) is 0 Å². The number of benzene rings is 3. The summed E-state index contributed by atoms with van der Waals surface area (Å²) < 4.78 is 0. The normalized spacial score (nSPS) is 22.4. The lowest BCUT2D eigenvalue weighted by Gasteiger charge is -2.31. The molecule has 0 unspecified atom stereocenters. The second-order valence-electron chi connectivity index (χ2n) is 19.1. The van der Waals surface area contributed by atoms with Gasteiger partial charge in [0.05, 0.1) is 12.7 Å². The molecule has 2 saturated heterocycles. The molecule has 0 radical (unpaired) electrons. The van der Waals surface area contributed by atoms with Gasteiger partial charge in [-0.1, -0.05) is 80.4 Å². The predicted molar refractivity (Wildman–Crippen MR) is 274 cm³/mol. The number of para-hydroxylation sites is 1. The fourth-order valence-electron chi connectivity index (χ4n) is 9.59. The first-order chi connectivity index (χ1) is 35.7. The molecule has 11 N–H and O–H groups in total. The number of hydrogen-bond donors (Lipinski definition) is 10. The van der Waals surface area contributed by atoms with Gasteiger partial charge in [0.2, 0.25) is 53.2 Å². The number of nitrogens with zero attached hydrogens (tertiary/aromatic N) is 2. The maximum absolute atomic E-state index is 15.1. The zero-order chi connectivity index (χ0) is 52.7. The molecule has 21 nitrogen and oxygen atoms in total. The molecular weight excluding hydrogens is 949 g/mol. The van der Waals surface area contributed by atoms with Crippen LogP contribution in [0.1, 0.15) is 88.5 Å². The van der Waals surface area contributed by atoms with Gasteiger partial charge in [0.1, 0.15) is 42.3 Å². The van der Waals surface area contributed by atoms with Crippen molar-refractivity contribution < 1.29 is 43.2 Å². The smallest absolute Gasteiger partial charge is 0.246 e. The van der Waals surface area contributed by atoms with Crippen molar-refractivity contribution in [2.75, 3.05) is 13.1 Å². The number of aromatic nitrogens is 3. The summed E-state index contributed by atoms with van der Waals surface area (Å²) in [4.78, 5) is 137. The van der Waals surface area contributed by atoms with E-state index in [1.54, 1.807) is 6.20 Å². The number of rotatable bonds is 13. The van der Waals surface area contributed by atoms with Crippen molar-refractivity contribution in [3.63, 3.8) is 0 Å². The van der Waals surface area contributed by atoms with Gasteiger partial charge in [0.25, 0.3) is 0 Å². The molecule has 2 fully saturated rings. The Bertz CT molecular complexity index is 2830. The second kappa shape index (κ2) is 25.5. The highest BCUT2D eigenvalue weighted by Crippen LogP contribution is 2.24. The molecule has 5 aromatic rings. The van der Waals surface area contributed by atoms with Crippen molar-refractivity contribution >= 4 is 74.8 Å². The van der Waals surface area contributed by atoms with Crippen LogP contribution >= 0.6 is 0 Å². The molecule has 0 aliphatic carbocycles. The summed E-state index contributed by atoms with van der Waals surface area (Å²) in [6.07, 6.45) is 6.70. The number of nitrogens with two attached hydrogens (primary N) is 1. The standard InChI is InChI=1S/C53H66N12O9/c1-3-4-15-40(59-31(2)66)48(69)62-43-27-46(67)56-21-10-9-17-39(47(54)68)60-49(70)41(25-35-28-57-38-16-8-7-14-37(35)38)63-52(73)45-18-11-22-65(45)53(74)44(24-32-19-20-33-12-5-6-13-34(33)23-32)64-50(71)42(61-51(43)72)26-36-29-55-30-58-36/h5-8,12-14,16,19-20,23,28-30,39-45,57H,3-4,9-11,15,17-18,21-22,24-27H2,1-2H3,(H2,54,68)(H,55,58)(H,56,67)(H,59,66)(H,60,70)(H,61,72)(H,62,69)(H,63,73)(H,64,71)/t39-,40-,41-,42-,43-,44+,45-/m0/s1. The van der Waals surface area contributed by atoms with Crippen LogP contribution in [0.15, 0.2) is 85.5 Å². The molecule has 9 amide bonds. The number of unbranched alkanes of at least 4 members (excludes halogenated alkanes) is 1. The van der Waals surface area contributed by atoms with E-state index in [4.69, 9.17) is 5.73 Å². The van der Waals surface area contributed by atoms with E-state index < -0.39 is 102 Å². The Morgan fingerprint density at radius 2 is 1.51 bits per heavy atom. The van der Waals surface area contributed by atoms with Gasteiger partial charge in [-0.05, 0) is 66.5 Å². The summed E-state index contributed by atoms with van der Waals surface area (Å²) in [5.74, 6) is -6.25. The number of imidazole rings is 1. The van der Waals surface area contributed by atoms with Crippen LogP contribution in [0.3, 0.4) is 0 Å². The molecule has 3 aromatic carbocycles. The highest BCUT2D eigenvalue weighted by atomic mass is 16.2. The molecule has 2 aromatic heterocycles. The van der Waals surface area contributed by atoms with Gasteiger partial charge in [-0.15, -0.1) is 0 Å². The predicted octanol–water partition coefficient (Wildman–Crippen LogP) is 1.36. The molecule has 2 aliphatic rings. The molecule has 0 saturated carbocycles. The minimum Gasteiger partial charge on any atom is -0.368 e. The van der Waals surface area contributed by atoms with Gasteiger partial charge in [0.15, 0.2) is 0 Å². The topological polar surface area (TPSA) is 312 Å². The maximum atomic E-state index is 15.1. The Morgan fingerprint density at radius 3 is 2.27 bits per heavy atom. The van der Waals surface area contributed by atoms with Gasteiger partial charge in [-0.25, -0.2) is 4.98 Å². The number of nitrogens with one attached hydrogen (secondary N) is 9. The molecule has 2 aliphatic heterocycles. The molecular formula is C53H66N12O9. The molecule has 0 spiro atoms. The van der Waals surface area contributed by atoms with E-state index >= 15 is 4.79 Å². The van der Waals surface area contributed by atoms with Crippen molar-refractivity contribution in [1.29, 1.82) is 0 Å². The third-order valence-corrected chi connectivity index (χ3v) is 13.5. The average molecular weight is 1020 g/mol. The number of primary amides is 1. The lowest BCUT2D eigenvalue weighted by Crippen LogP contribution is -2.61. The summed E-state index contributed by atoms with van der Waals surface area (Å²) >= 11 is 0. The quantitative estimate of drug-likeness (QED) is 0.0808. The van der Waals surface area contributed by atoms with E-state index in [1.807, 2.05) is 73.7 Å². The van der Waals surface area contributed by atoms with Gasteiger partial charge in [-0.2, -0.15) is 0 Å². The highest BCUT2D eigenvalue weighted by molar-refractivity contribution is 5.99. The van der Waals surface area contributed by atoms with Crippen LogP contribution < -0.4 is 43.0 Å². The third-order valence-electron chi connectivity index (χ3n) is 13.5. The van der Waals surface area contributed by atoms with E-state index in [1.165, 1.54) is 24.3 Å². The number of H-pyrrole nitrogens is 2. The molecule has 392 valence electrons. The number of fused-ring (bicyclic) bond motifs is 3. The Hall–Kier alpha value is -8.10. The molecule has 21 heteroatoms. The lowest BCUT2D eigenvalue weighted by molar-refractivity contribution is -0.142. The monoisotopic (exact) mass is 1010 g/mol. The van der Waals surface area contributed by atoms with E-state index in [9.17, 15) is 38.4 Å². The van der Waals surface area contributed by atoms with Gasteiger partial charge >= 0.3 is 0 Å². The van der Waals surface area contributed by atoms with E-state index in [0.717, 1.165) is 21.7 Å². The zero-order valence-corrected chi connectivity index (χ0v) is 41.7. The first-order valence-electron chi connectivity index (χ1n) is 25.3. The van der Waals surface area contributed by atoms with Crippen LogP contribution in [0.2, 0.25) is 0 Å². The minimum absolute atomic E-state index is 0.0118. The van der Waals surface area contributed by atoms with Crippen LogP contribution in [0.25, 0.3) is 21.7 Å². The van der Waals surface area contributed by atoms with Crippen molar-refractivity contribution in [3.05, 3.63) is 102 Å². The largest absolute Gasteiger partial charge is 0.368 e. The van der Waals surface area contributed by atoms with Crippen molar-refractivity contribution in [3.8, 4) is 0 Å². The van der Waals surface area contributed by atoms with Crippen molar-refractivity contribution in [1.82, 2.24) is 57.1 Å². The summed E-state index contributed by atoms with van der Waals surface area (Å²) in [5.41, 5.74) is 8.45. The number of carbonyl (C=O) groups excluding carboxylic acids is 9. The average Bonchev–Trinajstić information content (AvgIpc) is 4.18. The Morgan fingerprint density at radius 1 is 0.784 bits per heavy atom. The molecule has 7 rings (SSSR count). The molecule has 0 bridgehead atoms. The molecule has 4 heterocycles. The third kappa shape index (κ3) is 14.3. The summed E-state index contributed by atoms with van der Waals surface area (Å²) in [6.45, 7) is 3.38. The van der Waals surface area contributed by atoms with Crippen LogP contribution in [-0.4, -0.2) is 128 Å². The summed E-state index contributed by atoms with van der Waals surface area (Å²) in [5, 5.41) is 21.9. The minimum atomic E-state index is -1.55. The van der Waals surface area contributed by atoms with E-state index in [2.05, 4.69) is 52.2 Å². The number of carbonyl (C=O) groups is 9. The summed E-state index contributed by atoms with van der Waals surface area (Å²) in [6, 6.07) is 12.0. The summed E-state index contributed by atoms with van der Waals surface area (Å²) in [7, 11) is 0. The van der Waals surface area contributed by atoms with Crippen LogP contribution in [-0.2, 0) is 62.4 Å². The van der Waals surface area contributed by atoms with Gasteiger partial charge in [-0.3, -0.25) is 43.2 Å². The Kier molecular flexibility index (Phi) is 18.5. The first kappa shape index (κ1) is 53.7. The van der Waals surface area contributed by atoms with Gasteiger partial charge in [0, 0.05) is 68.3 Å². The Balaban J connectivity index is 1.24. The highest BCUT2D eigenvalue weighted by Gasteiger charge is 2.41. The van der Waals surface area contributed by atoms with Crippen LogP contribution in [0, 0.1) is 0 Å². The fourth-order valence-corrected chi connectivity index (χ4v) is 9.59. The zero-order valence-electron chi connectivity index (χ0n) is 41.7. The first-order valence-corrected chi connectivity index (χ1v) is 25.3. The number of aromatic amines is 2. The SMILES string of the molecule is CCCC[C@H](NC(C)=O)C(=O)N[C@H]1CC(=O)NCCCC[C@@H](C(N)=O)NC(=O)[C@H](Cc2c[nH]c3ccccc23)NC(=O)[C@@H]2CCCN2C(=O)[C@@H](Cc2ccc3ccccc3c2)NC(=O)[C@H](Cc2cnc[nH]2)NC1=O. The van der Waals surface area contributed by atoms with Gasteiger partial charge < -0.3 is 57.8 Å². The Labute approximate surface area is 428 Å². The fraction of sp³-hybridized carbons (Fsp3) is 0.434. The molecule has 7 atom stereocenters. The number of amides is 9. The lowest BCUT2D eigenvalue weighted by atomic mass is 9.99. The van der Waals surface area contributed by atoms with E-state index in [-0.39, 0.29) is 51.6 Å². The van der Waals surface area contributed by atoms with Crippen molar-refractivity contribution in [2.45, 2.75) is 133 Å². The van der Waals surface area contributed by atoms with Crippen LogP contribution in [0.4, 0.5) is 0 Å². The number of hydrogen-bond acceptors (Lipinski definition) is 10.